The molecular weight excluding hydrogens is 234 g/mol. The van der Waals surface area contributed by atoms with Gasteiger partial charge in [0.2, 0.25) is 0 Å². The molecule has 0 atom stereocenters. The molecule has 0 aliphatic heterocycles. The van der Waals surface area contributed by atoms with Gasteiger partial charge in [-0.15, -0.1) is 0 Å². The minimum Gasteiger partial charge on any atom is -0.393 e. The van der Waals surface area contributed by atoms with Gasteiger partial charge in [0.25, 0.3) is 0 Å². The molecule has 1 aliphatic rings. The maximum Gasteiger partial charge on any atom is 0.0541 e. The second kappa shape index (κ2) is 5.85. The van der Waals surface area contributed by atoms with E-state index in [2.05, 4.69) is 18.3 Å². The van der Waals surface area contributed by atoms with Crippen molar-refractivity contribution in [1.82, 2.24) is 5.32 Å². The Morgan fingerprint density at radius 1 is 1.24 bits per heavy atom. The average molecular weight is 254 g/mol. The van der Waals surface area contributed by atoms with Crippen molar-refractivity contribution in [3.05, 3.63) is 34.3 Å². The lowest BCUT2D eigenvalue weighted by molar-refractivity contribution is 0.116. The van der Waals surface area contributed by atoms with E-state index < -0.39 is 0 Å². The molecule has 0 saturated heterocycles. The van der Waals surface area contributed by atoms with Crippen LogP contribution in [0.3, 0.4) is 0 Å². The topological polar surface area (TPSA) is 32.3 Å². The number of nitrogens with one attached hydrogen (secondary N) is 1. The molecule has 1 aromatic rings. The Morgan fingerprint density at radius 2 is 1.94 bits per heavy atom. The monoisotopic (exact) mass is 253 g/mol. The molecule has 0 spiro atoms. The highest BCUT2D eigenvalue weighted by molar-refractivity contribution is 6.30. The quantitative estimate of drug-likeness (QED) is 0.868. The van der Waals surface area contributed by atoms with Crippen LogP contribution < -0.4 is 5.32 Å². The maximum atomic E-state index is 9.44. The van der Waals surface area contributed by atoms with Crippen LogP contribution in [0, 0.1) is 6.92 Å². The van der Waals surface area contributed by atoms with Crippen molar-refractivity contribution in [3.63, 3.8) is 0 Å². The lowest BCUT2D eigenvalue weighted by atomic mass is 9.93. The molecule has 1 aliphatic carbocycles. The van der Waals surface area contributed by atoms with Crippen LogP contribution in [0.4, 0.5) is 0 Å². The molecule has 0 radical (unpaired) electrons. The lowest BCUT2D eigenvalue weighted by Gasteiger charge is -2.26. The third-order valence-electron chi connectivity index (χ3n) is 3.39. The number of aliphatic hydroxyl groups is 1. The fourth-order valence-corrected chi connectivity index (χ4v) is 2.77. The van der Waals surface area contributed by atoms with Gasteiger partial charge in [0.05, 0.1) is 6.10 Å². The molecule has 0 aromatic heterocycles. The molecule has 1 saturated carbocycles. The first-order chi connectivity index (χ1) is 8.13. The standard InChI is InChI=1S/C14H20ClNO/c1-10-6-11(8-12(15)7-10)9-16-13-2-4-14(17)5-3-13/h6-8,13-14,16-17H,2-5,9H2,1H3. The molecule has 0 heterocycles. The van der Waals surface area contributed by atoms with Gasteiger partial charge in [-0.25, -0.2) is 0 Å². The summed E-state index contributed by atoms with van der Waals surface area (Å²) in [5.41, 5.74) is 2.44. The van der Waals surface area contributed by atoms with Crippen LogP contribution in [0.2, 0.25) is 5.02 Å². The van der Waals surface area contributed by atoms with E-state index in [1.807, 2.05) is 12.1 Å². The van der Waals surface area contributed by atoms with Gasteiger partial charge in [0, 0.05) is 17.6 Å². The molecule has 2 rings (SSSR count). The highest BCUT2D eigenvalue weighted by Gasteiger charge is 2.18. The predicted octanol–water partition coefficient (Wildman–Crippen LogP) is 3.04. The summed E-state index contributed by atoms with van der Waals surface area (Å²) in [5.74, 6) is 0. The molecule has 1 fully saturated rings. The second-order valence-electron chi connectivity index (χ2n) is 5.02. The maximum absolute atomic E-state index is 9.44. The molecule has 3 heteroatoms. The third kappa shape index (κ3) is 3.98. The molecule has 0 bridgehead atoms. The summed E-state index contributed by atoms with van der Waals surface area (Å²) < 4.78 is 0. The fourth-order valence-electron chi connectivity index (χ4n) is 2.46. The molecule has 94 valence electrons. The minimum atomic E-state index is -0.0820. The Labute approximate surface area is 108 Å². The van der Waals surface area contributed by atoms with Gasteiger partial charge in [-0.1, -0.05) is 17.7 Å². The smallest absolute Gasteiger partial charge is 0.0541 e. The predicted molar refractivity (Wildman–Crippen MR) is 71.3 cm³/mol. The summed E-state index contributed by atoms with van der Waals surface area (Å²) >= 11 is 6.03. The zero-order valence-electron chi connectivity index (χ0n) is 10.2. The summed E-state index contributed by atoms with van der Waals surface area (Å²) in [4.78, 5) is 0. The Morgan fingerprint density at radius 3 is 2.59 bits per heavy atom. The Bertz CT molecular complexity index is 352. The SMILES string of the molecule is Cc1cc(Cl)cc(CNC2CCC(O)CC2)c1. The van der Waals surface area contributed by atoms with E-state index in [-0.39, 0.29) is 6.10 Å². The zero-order valence-corrected chi connectivity index (χ0v) is 11.0. The van der Waals surface area contributed by atoms with Gasteiger partial charge in [0.15, 0.2) is 0 Å². The molecule has 17 heavy (non-hydrogen) atoms. The van der Waals surface area contributed by atoms with Crippen LogP contribution in [0.15, 0.2) is 18.2 Å². The highest BCUT2D eigenvalue weighted by Crippen LogP contribution is 2.19. The van der Waals surface area contributed by atoms with Crippen LogP contribution in [0.1, 0.15) is 36.8 Å². The van der Waals surface area contributed by atoms with E-state index in [9.17, 15) is 5.11 Å². The first-order valence-electron chi connectivity index (χ1n) is 6.31. The van der Waals surface area contributed by atoms with Crippen molar-refractivity contribution in [2.24, 2.45) is 0 Å². The third-order valence-corrected chi connectivity index (χ3v) is 3.61. The van der Waals surface area contributed by atoms with Gasteiger partial charge >= 0.3 is 0 Å². The number of rotatable bonds is 3. The van der Waals surface area contributed by atoms with Crippen molar-refractivity contribution >= 4 is 11.6 Å². The van der Waals surface area contributed by atoms with Crippen LogP contribution in [-0.2, 0) is 6.54 Å². The van der Waals surface area contributed by atoms with Crippen molar-refractivity contribution in [1.29, 1.82) is 0 Å². The Kier molecular flexibility index (Phi) is 4.43. The summed E-state index contributed by atoms with van der Waals surface area (Å²) in [6, 6.07) is 6.69. The fraction of sp³-hybridized carbons (Fsp3) is 0.571. The van der Waals surface area contributed by atoms with Crippen LogP contribution in [0.5, 0.6) is 0 Å². The van der Waals surface area contributed by atoms with Crippen molar-refractivity contribution in [2.75, 3.05) is 0 Å². The second-order valence-corrected chi connectivity index (χ2v) is 5.46. The zero-order chi connectivity index (χ0) is 12.3. The Balaban J connectivity index is 1.85. The highest BCUT2D eigenvalue weighted by atomic mass is 35.5. The van der Waals surface area contributed by atoms with Crippen LogP contribution in [-0.4, -0.2) is 17.3 Å². The van der Waals surface area contributed by atoms with Crippen LogP contribution >= 0.6 is 11.6 Å². The first kappa shape index (κ1) is 12.9. The van der Waals surface area contributed by atoms with Crippen molar-refractivity contribution < 1.29 is 5.11 Å². The van der Waals surface area contributed by atoms with E-state index in [0.29, 0.717) is 6.04 Å². The molecule has 0 amide bonds. The first-order valence-corrected chi connectivity index (χ1v) is 6.69. The largest absolute Gasteiger partial charge is 0.393 e. The number of aliphatic hydroxyl groups excluding tert-OH is 1. The van der Waals surface area contributed by atoms with Gasteiger partial charge in [-0.3, -0.25) is 0 Å². The molecule has 1 aromatic carbocycles. The van der Waals surface area contributed by atoms with E-state index in [0.717, 1.165) is 37.3 Å². The van der Waals surface area contributed by atoms with E-state index in [1.54, 1.807) is 0 Å². The minimum absolute atomic E-state index is 0.0820. The molecule has 0 unspecified atom stereocenters. The summed E-state index contributed by atoms with van der Waals surface area (Å²) in [5, 5.41) is 13.8. The van der Waals surface area contributed by atoms with Gasteiger partial charge < -0.3 is 10.4 Å². The molecule has 2 nitrogen and oxygen atoms in total. The average Bonchev–Trinajstić information content (AvgIpc) is 2.27. The number of hydrogen-bond acceptors (Lipinski definition) is 2. The van der Waals surface area contributed by atoms with E-state index in [1.165, 1.54) is 11.1 Å². The number of halogens is 1. The van der Waals surface area contributed by atoms with E-state index in [4.69, 9.17) is 11.6 Å². The van der Waals surface area contributed by atoms with Gasteiger partial charge in [-0.2, -0.15) is 0 Å². The molecular formula is C14H20ClNO. The van der Waals surface area contributed by atoms with Crippen molar-refractivity contribution in [2.45, 2.75) is 51.3 Å². The summed E-state index contributed by atoms with van der Waals surface area (Å²) in [7, 11) is 0. The van der Waals surface area contributed by atoms with Gasteiger partial charge in [-0.05, 0) is 55.9 Å². The summed E-state index contributed by atoms with van der Waals surface area (Å²) in [6.45, 7) is 2.93. The van der Waals surface area contributed by atoms with Crippen LogP contribution in [0.25, 0.3) is 0 Å². The van der Waals surface area contributed by atoms with Gasteiger partial charge in [0.1, 0.15) is 0 Å². The normalized spacial score (nSPS) is 24.9. The number of aryl methyl sites for hydroxylation is 1. The van der Waals surface area contributed by atoms with Crippen molar-refractivity contribution in [3.8, 4) is 0 Å². The Hall–Kier alpha value is -0.570. The molecule has 2 N–H and O–H groups in total. The van der Waals surface area contributed by atoms with E-state index >= 15 is 0 Å². The summed E-state index contributed by atoms with van der Waals surface area (Å²) in [6.07, 6.45) is 3.90. The number of benzene rings is 1. The number of hydrogen-bond donors (Lipinski definition) is 2. The lowest BCUT2D eigenvalue weighted by Crippen LogP contribution is -2.34.